The number of aliphatic hydroxyl groups is 1. The summed E-state index contributed by atoms with van der Waals surface area (Å²) in [6.45, 7) is 12.2. The van der Waals surface area contributed by atoms with E-state index < -0.39 is 0 Å². The number of rotatable bonds is 6. The van der Waals surface area contributed by atoms with Gasteiger partial charge >= 0.3 is 0 Å². The molecule has 26 heavy (non-hydrogen) atoms. The number of nitrogens with zero attached hydrogens (tertiary/aromatic N) is 2. The fourth-order valence-corrected chi connectivity index (χ4v) is 3.87. The maximum Gasteiger partial charge on any atom is 0.231 e. The molecular formula is C20H32N2O4. The lowest BCUT2D eigenvalue weighted by atomic mass is 9.94. The number of hydrogen-bond donors (Lipinski definition) is 1. The highest BCUT2D eigenvalue weighted by molar-refractivity contribution is 5.55. The normalized spacial score (nSPS) is 21.2. The number of ether oxygens (including phenoxy) is 3. The van der Waals surface area contributed by atoms with E-state index in [4.69, 9.17) is 14.2 Å². The lowest BCUT2D eigenvalue weighted by molar-refractivity contribution is 0.0339. The van der Waals surface area contributed by atoms with Crippen molar-refractivity contribution in [3.05, 3.63) is 17.7 Å². The van der Waals surface area contributed by atoms with E-state index in [0.717, 1.165) is 56.2 Å². The second-order valence-corrected chi connectivity index (χ2v) is 8.46. The van der Waals surface area contributed by atoms with Crippen molar-refractivity contribution in [3.8, 4) is 17.2 Å². The van der Waals surface area contributed by atoms with Crippen LogP contribution in [0.4, 0.5) is 0 Å². The highest BCUT2D eigenvalue weighted by atomic mass is 16.7. The largest absolute Gasteiger partial charge is 0.493 e. The van der Waals surface area contributed by atoms with Crippen molar-refractivity contribution in [3.63, 3.8) is 0 Å². The molecule has 1 fully saturated rings. The van der Waals surface area contributed by atoms with Crippen LogP contribution < -0.4 is 14.2 Å². The average Bonchev–Trinajstić information content (AvgIpc) is 3.04. The Kier molecular flexibility index (Phi) is 5.95. The van der Waals surface area contributed by atoms with Crippen molar-refractivity contribution in [2.24, 2.45) is 5.41 Å². The van der Waals surface area contributed by atoms with Crippen LogP contribution in [0.15, 0.2) is 12.1 Å². The molecule has 146 valence electrons. The van der Waals surface area contributed by atoms with Gasteiger partial charge in [-0.05, 0) is 29.5 Å². The van der Waals surface area contributed by atoms with Crippen LogP contribution >= 0.6 is 0 Å². The average molecular weight is 364 g/mol. The Morgan fingerprint density at radius 1 is 1.23 bits per heavy atom. The van der Waals surface area contributed by atoms with Crippen molar-refractivity contribution in [2.45, 2.75) is 39.8 Å². The Bertz CT molecular complexity index is 615. The highest BCUT2D eigenvalue weighted by Crippen LogP contribution is 2.42. The summed E-state index contributed by atoms with van der Waals surface area (Å²) in [4.78, 5) is 4.99. The second-order valence-electron chi connectivity index (χ2n) is 8.46. The van der Waals surface area contributed by atoms with Gasteiger partial charge in [0.2, 0.25) is 12.5 Å². The zero-order valence-corrected chi connectivity index (χ0v) is 16.5. The molecule has 0 saturated carbocycles. The first-order chi connectivity index (χ1) is 12.4. The molecule has 0 aromatic heterocycles. The lowest BCUT2D eigenvalue weighted by Crippen LogP contribution is -2.54. The van der Waals surface area contributed by atoms with Crippen LogP contribution in [0.5, 0.6) is 17.2 Å². The van der Waals surface area contributed by atoms with Crippen LogP contribution in [0.3, 0.4) is 0 Å². The van der Waals surface area contributed by atoms with Gasteiger partial charge in [-0.2, -0.15) is 0 Å². The molecule has 3 rings (SSSR count). The Balaban J connectivity index is 1.68. The Labute approximate surface area is 156 Å². The molecule has 0 spiro atoms. The molecule has 1 aromatic rings. The molecule has 6 nitrogen and oxygen atoms in total. The number of piperazine rings is 1. The van der Waals surface area contributed by atoms with E-state index in [1.54, 1.807) is 7.11 Å². The van der Waals surface area contributed by atoms with E-state index in [-0.39, 0.29) is 18.8 Å². The molecule has 0 aliphatic carbocycles. The number of benzene rings is 1. The van der Waals surface area contributed by atoms with Crippen LogP contribution in [0, 0.1) is 5.41 Å². The third-order valence-electron chi connectivity index (χ3n) is 4.95. The quantitative estimate of drug-likeness (QED) is 0.836. The summed E-state index contributed by atoms with van der Waals surface area (Å²) in [6, 6.07) is 4.48. The Hall–Kier alpha value is -1.50. The van der Waals surface area contributed by atoms with Crippen molar-refractivity contribution in [2.75, 3.05) is 46.7 Å². The Morgan fingerprint density at radius 3 is 2.73 bits per heavy atom. The highest BCUT2D eigenvalue weighted by Gasteiger charge is 2.30. The van der Waals surface area contributed by atoms with Gasteiger partial charge in [-0.1, -0.05) is 20.8 Å². The molecule has 2 aliphatic rings. The molecule has 1 unspecified atom stereocenters. The zero-order valence-electron chi connectivity index (χ0n) is 16.5. The van der Waals surface area contributed by atoms with Crippen LogP contribution in [-0.2, 0) is 6.54 Å². The second kappa shape index (κ2) is 8.03. The summed E-state index contributed by atoms with van der Waals surface area (Å²) < 4.78 is 16.5. The van der Waals surface area contributed by atoms with Crippen LogP contribution in [0.1, 0.15) is 32.8 Å². The van der Waals surface area contributed by atoms with Crippen molar-refractivity contribution >= 4 is 0 Å². The summed E-state index contributed by atoms with van der Waals surface area (Å²) >= 11 is 0. The predicted octanol–water partition coefficient (Wildman–Crippen LogP) is 2.34. The summed E-state index contributed by atoms with van der Waals surface area (Å²) in [5, 5.41) is 9.49. The van der Waals surface area contributed by atoms with E-state index in [1.807, 2.05) is 12.1 Å². The van der Waals surface area contributed by atoms with Gasteiger partial charge < -0.3 is 19.3 Å². The maximum atomic E-state index is 9.49. The third-order valence-corrected chi connectivity index (χ3v) is 4.95. The minimum absolute atomic E-state index is 0.233. The first-order valence-corrected chi connectivity index (χ1v) is 9.43. The van der Waals surface area contributed by atoms with E-state index in [2.05, 4.69) is 30.6 Å². The summed E-state index contributed by atoms with van der Waals surface area (Å²) in [5.74, 6) is 2.19. The first-order valence-electron chi connectivity index (χ1n) is 9.43. The van der Waals surface area contributed by atoms with Gasteiger partial charge in [-0.3, -0.25) is 9.80 Å². The molecule has 1 atom stereocenters. The number of aliphatic hydroxyl groups excluding tert-OH is 1. The first kappa shape index (κ1) is 19.3. The molecule has 6 heteroatoms. The molecule has 0 radical (unpaired) electrons. The van der Waals surface area contributed by atoms with Gasteiger partial charge in [0.1, 0.15) is 0 Å². The van der Waals surface area contributed by atoms with Crippen molar-refractivity contribution < 1.29 is 19.3 Å². The predicted molar refractivity (Wildman–Crippen MR) is 101 cm³/mol. The lowest BCUT2D eigenvalue weighted by Gasteiger charge is -2.44. The van der Waals surface area contributed by atoms with Crippen LogP contribution in [-0.4, -0.2) is 67.6 Å². The van der Waals surface area contributed by atoms with Gasteiger partial charge in [0.15, 0.2) is 11.5 Å². The summed E-state index contributed by atoms with van der Waals surface area (Å²) in [7, 11) is 1.66. The van der Waals surface area contributed by atoms with E-state index >= 15 is 0 Å². The number of methoxy groups -OCH3 is 1. The maximum absolute atomic E-state index is 9.49. The molecule has 0 amide bonds. The molecule has 0 bridgehead atoms. The molecular weight excluding hydrogens is 332 g/mol. The van der Waals surface area contributed by atoms with Crippen molar-refractivity contribution in [1.82, 2.24) is 9.80 Å². The zero-order chi connectivity index (χ0) is 18.7. The van der Waals surface area contributed by atoms with E-state index in [0.29, 0.717) is 11.8 Å². The molecule has 2 heterocycles. The van der Waals surface area contributed by atoms with Crippen LogP contribution in [0.25, 0.3) is 0 Å². The molecule has 2 aliphatic heterocycles. The van der Waals surface area contributed by atoms with Gasteiger partial charge in [0.25, 0.3) is 0 Å². The van der Waals surface area contributed by atoms with E-state index in [9.17, 15) is 5.11 Å². The standard InChI is InChI=1S/C20H32N2O4/c1-20(2,3)13-22-7-6-21(12-16(22)5-8-23)11-15-9-17(24-4)19-18(10-15)25-14-26-19/h9-10,16,23H,5-8,11-14H2,1-4H3. The topological polar surface area (TPSA) is 54.4 Å². The van der Waals surface area contributed by atoms with Crippen LogP contribution in [0.2, 0.25) is 0 Å². The molecule has 1 aromatic carbocycles. The fourth-order valence-electron chi connectivity index (χ4n) is 3.87. The number of hydrogen-bond acceptors (Lipinski definition) is 6. The monoisotopic (exact) mass is 364 g/mol. The SMILES string of the molecule is COc1cc(CN2CCN(CC(C)(C)C)C(CCO)C2)cc2c1OCO2. The minimum Gasteiger partial charge on any atom is -0.493 e. The van der Waals surface area contributed by atoms with Gasteiger partial charge in [0, 0.05) is 45.4 Å². The smallest absolute Gasteiger partial charge is 0.231 e. The number of fused-ring (bicyclic) bond motifs is 1. The third kappa shape index (κ3) is 4.61. The summed E-state index contributed by atoms with van der Waals surface area (Å²) in [6.07, 6.45) is 0.817. The fraction of sp³-hybridized carbons (Fsp3) is 0.700. The Morgan fingerprint density at radius 2 is 2.04 bits per heavy atom. The molecule has 1 N–H and O–H groups in total. The molecule has 1 saturated heterocycles. The minimum atomic E-state index is 0.233. The van der Waals surface area contributed by atoms with Gasteiger partial charge in [-0.15, -0.1) is 0 Å². The van der Waals surface area contributed by atoms with Crippen molar-refractivity contribution in [1.29, 1.82) is 0 Å². The van der Waals surface area contributed by atoms with Gasteiger partial charge in [0.05, 0.1) is 7.11 Å². The van der Waals surface area contributed by atoms with Gasteiger partial charge in [-0.25, -0.2) is 0 Å². The summed E-state index contributed by atoms with van der Waals surface area (Å²) in [5.41, 5.74) is 1.43. The van der Waals surface area contributed by atoms with E-state index in [1.165, 1.54) is 0 Å².